The number of hydrogen-bond donors (Lipinski definition) is 2. The monoisotopic (exact) mass is 315 g/mol. The van der Waals surface area contributed by atoms with Crippen LogP contribution in [0, 0.1) is 5.82 Å². The molecule has 1 saturated heterocycles. The third kappa shape index (κ3) is 2.78. The number of nitrogens with one attached hydrogen (secondary N) is 2. The van der Waals surface area contributed by atoms with Crippen molar-refractivity contribution in [2.45, 2.75) is 18.8 Å². The van der Waals surface area contributed by atoms with Crippen molar-refractivity contribution >= 4 is 11.6 Å². The number of hydrogen-bond acceptors (Lipinski definition) is 4. The fraction of sp³-hybridized carbons (Fsp3) is 0.235. The van der Waals surface area contributed by atoms with Gasteiger partial charge in [0.2, 0.25) is 6.35 Å². The number of ether oxygens (including phenoxy) is 1. The van der Waals surface area contributed by atoms with Gasteiger partial charge in [0.25, 0.3) is 5.91 Å². The smallest absolute Gasteiger partial charge is 0.269 e. The molecular weight excluding hydrogens is 297 g/mol. The van der Waals surface area contributed by atoms with E-state index in [1.807, 2.05) is 30.3 Å². The Hall–Kier alpha value is -2.44. The van der Waals surface area contributed by atoms with Crippen LogP contribution in [0.2, 0.25) is 0 Å². The Morgan fingerprint density at radius 1 is 1.17 bits per heavy atom. The minimum atomic E-state index is -1.00. The molecule has 1 fully saturated rings. The van der Waals surface area contributed by atoms with Crippen molar-refractivity contribution in [2.24, 2.45) is 0 Å². The predicted molar refractivity (Wildman–Crippen MR) is 84.6 cm³/mol. The number of benzene rings is 2. The molecule has 23 heavy (non-hydrogen) atoms. The van der Waals surface area contributed by atoms with Gasteiger partial charge < -0.3 is 4.74 Å². The van der Waals surface area contributed by atoms with Gasteiger partial charge in [-0.1, -0.05) is 30.3 Å². The lowest BCUT2D eigenvalue weighted by Crippen LogP contribution is -2.42. The lowest BCUT2D eigenvalue weighted by atomic mass is 9.92. The largest absolute Gasteiger partial charge is 0.347 e. The van der Waals surface area contributed by atoms with E-state index >= 15 is 0 Å². The van der Waals surface area contributed by atoms with Crippen LogP contribution in [-0.2, 0) is 15.1 Å². The summed E-state index contributed by atoms with van der Waals surface area (Å²) < 4.78 is 18.5. The molecule has 2 N–H and O–H groups in total. The van der Waals surface area contributed by atoms with Crippen molar-refractivity contribution in [1.29, 1.82) is 0 Å². The van der Waals surface area contributed by atoms with Gasteiger partial charge >= 0.3 is 0 Å². The van der Waals surface area contributed by atoms with Gasteiger partial charge in [0, 0.05) is 7.11 Å². The van der Waals surface area contributed by atoms with Crippen molar-refractivity contribution in [3.63, 3.8) is 0 Å². The first-order valence-electron chi connectivity index (χ1n) is 7.26. The molecule has 3 rings (SSSR count). The number of carbonyl (C=O) groups excluding carboxylic acids is 1. The van der Waals surface area contributed by atoms with Gasteiger partial charge in [0.15, 0.2) is 0 Å². The van der Waals surface area contributed by atoms with Gasteiger partial charge in [-0.2, -0.15) is 0 Å². The number of anilines is 1. The van der Waals surface area contributed by atoms with Gasteiger partial charge in [-0.05, 0) is 36.8 Å². The standard InChI is InChI=1S/C17H18FN3O2/c1-17(12-8-10-13(18)11-9-12)15(22)21(16(19-17)23-2)20-14-6-4-3-5-7-14/h3-11,16,19-20H,1-2H3. The number of para-hydroxylation sites is 1. The summed E-state index contributed by atoms with van der Waals surface area (Å²) in [5.41, 5.74) is 3.49. The Labute approximate surface area is 134 Å². The molecule has 0 spiro atoms. The SMILES string of the molecule is COC1NC(C)(c2ccc(F)cc2)C(=O)N1Nc1ccccc1. The molecule has 1 amide bonds. The second-order valence-corrected chi connectivity index (χ2v) is 5.52. The number of carbonyl (C=O) groups is 1. The van der Waals surface area contributed by atoms with Crippen LogP contribution in [0.4, 0.5) is 10.1 Å². The van der Waals surface area contributed by atoms with Crippen LogP contribution in [0.5, 0.6) is 0 Å². The van der Waals surface area contributed by atoms with E-state index in [-0.39, 0.29) is 11.7 Å². The Morgan fingerprint density at radius 2 is 1.83 bits per heavy atom. The molecule has 120 valence electrons. The van der Waals surface area contributed by atoms with Gasteiger partial charge in [-0.15, -0.1) is 0 Å². The molecular formula is C17H18FN3O2. The molecule has 5 nitrogen and oxygen atoms in total. The summed E-state index contributed by atoms with van der Waals surface area (Å²) in [6, 6.07) is 15.2. The number of halogens is 1. The Bertz CT molecular complexity index is 693. The first kappa shape index (κ1) is 15.5. The number of hydrazine groups is 1. The Morgan fingerprint density at radius 3 is 2.43 bits per heavy atom. The minimum absolute atomic E-state index is 0.209. The quantitative estimate of drug-likeness (QED) is 0.910. The molecule has 0 radical (unpaired) electrons. The maximum absolute atomic E-state index is 13.1. The van der Waals surface area contributed by atoms with Gasteiger partial charge in [0.1, 0.15) is 11.4 Å². The van der Waals surface area contributed by atoms with E-state index in [1.54, 1.807) is 19.1 Å². The fourth-order valence-corrected chi connectivity index (χ4v) is 2.64. The second kappa shape index (κ2) is 5.98. The maximum atomic E-state index is 13.1. The number of nitrogens with zero attached hydrogens (tertiary/aromatic N) is 1. The molecule has 2 unspecified atom stereocenters. The number of rotatable bonds is 4. The molecule has 1 aliphatic heterocycles. The molecule has 6 heteroatoms. The normalized spacial score (nSPS) is 24.0. The van der Waals surface area contributed by atoms with E-state index in [1.165, 1.54) is 24.3 Å². The molecule has 1 heterocycles. The third-order valence-corrected chi connectivity index (χ3v) is 3.96. The summed E-state index contributed by atoms with van der Waals surface area (Å²) in [6.45, 7) is 1.75. The topological polar surface area (TPSA) is 53.6 Å². The van der Waals surface area contributed by atoms with E-state index in [4.69, 9.17) is 4.74 Å². The summed E-state index contributed by atoms with van der Waals surface area (Å²) in [4.78, 5) is 12.9. The van der Waals surface area contributed by atoms with Gasteiger partial charge in [-0.25, -0.2) is 9.40 Å². The zero-order valence-corrected chi connectivity index (χ0v) is 12.9. The average molecular weight is 315 g/mol. The maximum Gasteiger partial charge on any atom is 0.269 e. The van der Waals surface area contributed by atoms with Crippen molar-refractivity contribution in [2.75, 3.05) is 12.5 Å². The summed E-state index contributed by atoms with van der Waals surface area (Å²) >= 11 is 0. The lowest BCUT2D eigenvalue weighted by molar-refractivity contribution is -0.135. The summed E-state index contributed by atoms with van der Waals surface area (Å²) in [7, 11) is 1.51. The number of methoxy groups -OCH3 is 1. The highest BCUT2D eigenvalue weighted by Crippen LogP contribution is 2.31. The summed E-state index contributed by atoms with van der Waals surface area (Å²) in [6.07, 6.45) is -0.641. The van der Waals surface area contributed by atoms with E-state index in [9.17, 15) is 9.18 Å². The Kier molecular flexibility index (Phi) is 4.02. The molecule has 0 aromatic heterocycles. The van der Waals surface area contributed by atoms with E-state index in [0.29, 0.717) is 5.56 Å². The van der Waals surface area contributed by atoms with Gasteiger partial charge in [0.05, 0.1) is 5.69 Å². The fourth-order valence-electron chi connectivity index (χ4n) is 2.64. The van der Waals surface area contributed by atoms with E-state index in [0.717, 1.165) is 5.69 Å². The Balaban J connectivity index is 1.90. The molecule has 2 atom stereocenters. The zero-order valence-electron chi connectivity index (χ0n) is 12.9. The van der Waals surface area contributed by atoms with Crippen molar-refractivity contribution in [1.82, 2.24) is 10.3 Å². The minimum Gasteiger partial charge on any atom is -0.347 e. The van der Waals surface area contributed by atoms with Crippen LogP contribution in [0.25, 0.3) is 0 Å². The third-order valence-electron chi connectivity index (χ3n) is 3.96. The van der Waals surface area contributed by atoms with Crippen molar-refractivity contribution in [3.8, 4) is 0 Å². The highest BCUT2D eigenvalue weighted by Gasteiger charge is 2.50. The zero-order chi connectivity index (χ0) is 16.4. The molecule has 0 aliphatic carbocycles. The molecule has 2 aromatic carbocycles. The first-order valence-corrected chi connectivity index (χ1v) is 7.26. The molecule has 0 saturated carbocycles. The van der Waals surface area contributed by atoms with Crippen LogP contribution < -0.4 is 10.7 Å². The average Bonchev–Trinajstić information content (AvgIpc) is 2.82. The highest BCUT2D eigenvalue weighted by atomic mass is 19.1. The van der Waals surface area contributed by atoms with Crippen LogP contribution in [0.15, 0.2) is 54.6 Å². The van der Waals surface area contributed by atoms with Gasteiger partial charge in [-0.3, -0.25) is 15.5 Å². The molecule has 2 aromatic rings. The summed E-state index contributed by atoms with van der Waals surface area (Å²) in [5, 5.41) is 4.54. The van der Waals surface area contributed by atoms with E-state index in [2.05, 4.69) is 10.7 Å². The highest BCUT2D eigenvalue weighted by molar-refractivity contribution is 5.90. The molecule has 1 aliphatic rings. The summed E-state index contributed by atoms with van der Waals surface area (Å²) in [5.74, 6) is -0.551. The predicted octanol–water partition coefficient (Wildman–Crippen LogP) is 2.43. The van der Waals surface area contributed by atoms with Crippen LogP contribution in [0.1, 0.15) is 12.5 Å². The van der Waals surface area contributed by atoms with E-state index < -0.39 is 11.9 Å². The van der Waals surface area contributed by atoms with Crippen LogP contribution in [0.3, 0.4) is 0 Å². The van der Waals surface area contributed by atoms with Crippen molar-refractivity contribution in [3.05, 3.63) is 66.0 Å². The number of amides is 1. The van der Waals surface area contributed by atoms with Crippen LogP contribution in [-0.4, -0.2) is 24.4 Å². The lowest BCUT2D eigenvalue weighted by Gasteiger charge is -2.24. The first-order chi connectivity index (χ1) is 11.0. The van der Waals surface area contributed by atoms with Crippen molar-refractivity contribution < 1.29 is 13.9 Å². The second-order valence-electron chi connectivity index (χ2n) is 5.52. The molecule has 0 bridgehead atoms. The van der Waals surface area contributed by atoms with Crippen LogP contribution >= 0.6 is 0 Å².